The minimum Gasteiger partial charge on any atom is -0.464 e. The monoisotopic (exact) mass is 239 g/mol. The molecular formula is C12H17NO2S. The highest BCUT2D eigenvalue weighted by molar-refractivity contribution is 7.12. The third-order valence-corrected chi connectivity index (χ3v) is 4.13. The van der Waals surface area contributed by atoms with Gasteiger partial charge in [-0.25, -0.2) is 4.79 Å². The van der Waals surface area contributed by atoms with Gasteiger partial charge in [0, 0.05) is 9.75 Å². The fourth-order valence-corrected chi connectivity index (χ4v) is 2.95. The number of aryl methyl sites for hydroxylation is 1. The zero-order valence-corrected chi connectivity index (χ0v) is 10.5. The molecular weight excluding hydrogens is 222 g/mol. The Hall–Kier alpha value is -0.870. The van der Waals surface area contributed by atoms with Gasteiger partial charge >= 0.3 is 5.97 Å². The van der Waals surface area contributed by atoms with Gasteiger partial charge in [0.25, 0.3) is 0 Å². The molecule has 16 heavy (non-hydrogen) atoms. The maximum absolute atomic E-state index is 12.0. The number of rotatable bonds is 4. The maximum Gasteiger partial charge on any atom is 0.331 e. The molecule has 1 saturated carbocycles. The van der Waals surface area contributed by atoms with Crippen molar-refractivity contribution < 1.29 is 9.53 Å². The van der Waals surface area contributed by atoms with E-state index in [0.717, 1.165) is 17.7 Å². The van der Waals surface area contributed by atoms with Crippen LogP contribution < -0.4 is 5.73 Å². The van der Waals surface area contributed by atoms with Crippen molar-refractivity contribution in [2.45, 2.75) is 32.2 Å². The van der Waals surface area contributed by atoms with Crippen LogP contribution in [0.4, 0.5) is 0 Å². The van der Waals surface area contributed by atoms with Crippen LogP contribution in [0, 0.1) is 12.8 Å². The molecule has 2 rings (SSSR count). The maximum atomic E-state index is 12.0. The minimum atomic E-state index is -0.908. The van der Waals surface area contributed by atoms with Gasteiger partial charge in [0.15, 0.2) is 5.54 Å². The lowest BCUT2D eigenvalue weighted by molar-refractivity contribution is -0.151. The molecule has 1 unspecified atom stereocenters. The SMILES string of the molecule is CCOC(=O)C(N)(c1ccc(C)s1)C1CC1. The number of nitrogens with two attached hydrogens (primary N) is 1. The van der Waals surface area contributed by atoms with E-state index in [0.29, 0.717) is 6.61 Å². The molecule has 0 spiro atoms. The molecule has 4 heteroatoms. The summed E-state index contributed by atoms with van der Waals surface area (Å²) in [4.78, 5) is 14.1. The van der Waals surface area contributed by atoms with Crippen molar-refractivity contribution in [3.05, 3.63) is 21.9 Å². The Bertz CT molecular complexity index is 397. The summed E-state index contributed by atoms with van der Waals surface area (Å²) in [5.41, 5.74) is 5.40. The summed E-state index contributed by atoms with van der Waals surface area (Å²) in [7, 11) is 0. The first-order chi connectivity index (χ1) is 7.59. The fraction of sp³-hybridized carbons (Fsp3) is 0.583. The van der Waals surface area contributed by atoms with Crippen LogP contribution in [-0.2, 0) is 15.1 Å². The summed E-state index contributed by atoms with van der Waals surface area (Å²) in [6, 6.07) is 3.96. The summed E-state index contributed by atoms with van der Waals surface area (Å²) in [5, 5.41) is 0. The molecule has 0 aliphatic heterocycles. The van der Waals surface area contributed by atoms with Crippen molar-refractivity contribution in [2.24, 2.45) is 11.7 Å². The second kappa shape index (κ2) is 4.18. The Morgan fingerprint density at radius 1 is 1.62 bits per heavy atom. The van der Waals surface area contributed by atoms with Crippen LogP contribution in [0.1, 0.15) is 29.5 Å². The molecule has 0 radical (unpaired) electrons. The number of carbonyl (C=O) groups excluding carboxylic acids is 1. The van der Waals surface area contributed by atoms with Crippen LogP contribution in [0.5, 0.6) is 0 Å². The molecule has 0 bridgehead atoms. The lowest BCUT2D eigenvalue weighted by Gasteiger charge is -2.25. The van der Waals surface area contributed by atoms with Crippen LogP contribution in [0.25, 0.3) is 0 Å². The van der Waals surface area contributed by atoms with Gasteiger partial charge in [0.1, 0.15) is 0 Å². The van der Waals surface area contributed by atoms with Crippen LogP contribution in [0.3, 0.4) is 0 Å². The Morgan fingerprint density at radius 3 is 2.75 bits per heavy atom. The average molecular weight is 239 g/mol. The standard InChI is InChI=1S/C12H17NO2S/c1-3-15-11(14)12(13,9-5-6-9)10-7-4-8(2)16-10/h4,7,9H,3,5-6,13H2,1-2H3. The predicted molar refractivity (Wildman–Crippen MR) is 64.3 cm³/mol. The van der Waals surface area contributed by atoms with Crippen molar-refractivity contribution in [3.63, 3.8) is 0 Å². The Labute approximate surface area is 99.6 Å². The quantitative estimate of drug-likeness (QED) is 0.819. The molecule has 88 valence electrons. The van der Waals surface area contributed by atoms with Gasteiger partial charge < -0.3 is 10.5 Å². The topological polar surface area (TPSA) is 52.3 Å². The highest BCUT2D eigenvalue weighted by Gasteiger charge is 2.51. The minimum absolute atomic E-state index is 0.254. The first-order valence-electron chi connectivity index (χ1n) is 5.62. The van der Waals surface area contributed by atoms with Gasteiger partial charge in [0.2, 0.25) is 0 Å². The average Bonchev–Trinajstić information content (AvgIpc) is 3.01. The van der Waals surface area contributed by atoms with E-state index in [1.165, 1.54) is 4.88 Å². The molecule has 1 aliphatic rings. The zero-order chi connectivity index (χ0) is 11.8. The number of hydrogen-bond acceptors (Lipinski definition) is 4. The summed E-state index contributed by atoms with van der Waals surface area (Å²) >= 11 is 1.59. The predicted octanol–water partition coefficient (Wildman–Crippen LogP) is 2.18. The van der Waals surface area contributed by atoms with Crippen molar-refractivity contribution in [1.29, 1.82) is 0 Å². The van der Waals surface area contributed by atoms with Crippen molar-refractivity contribution >= 4 is 17.3 Å². The molecule has 1 atom stereocenters. The van der Waals surface area contributed by atoms with Gasteiger partial charge in [-0.15, -0.1) is 11.3 Å². The van der Waals surface area contributed by atoms with Gasteiger partial charge in [-0.05, 0) is 44.7 Å². The number of ether oxygens (including phenoxy) is 1. The first kappa shape index (κ1) is 11.6. The molecule has 0 amide bonds. The molecule has 1 aromatic rings. The van der Waals surface area contributed by atoms with Crippen LogP contribution in [0.2, 0.25) is 0 Å². The van der Waals surface area contributed by atoms with Crippen molar-refractivity contribution in [3.8, 4) is 0 Å². The molecule has 0 aromatic carbocycles. The lowest BCUT2D eigenvalue weighted by Crippen LogP contribution is -2.47. The van der Waals surface area contributed by atoms with Crippen LogP contribution in [-0.4, -0.2) is 12.6 Å². The molecule has 2 N–H and O–H groups in total. The van der Waals surface area contributed by atoms with Gasteiger partial charge in [-0.3, -0.25) is 0 Å². The molecule has 1 aromatic heterocycles. The Morgan fingerprint density at radius 2 is 2.31 bits per heavy atom. The third-order valence-electron chi connectivity index (χ3n) is 2.98. The summed E-state index contributed by atoms with van der Waals surface area (Å²) in [6.07, 6.45) is 2.04. The summed E-state index contributed by atoms with van der Waals surface area (Å²) in [5.74, 6) is -0.0241. The van der Waals surface area contributed by atoms with Gasteiger partial charge in [0.05, 0.1) is 6.61 Å². The second-order valence-electron chi connectivity index (χ2n) is 4.27. The highest BCUT2D eigenvalue weighted by Crippen LogP contribution is 2.46. The van der Waals surface area contributed by atoms with E-state index in [4.69, 9.17) is 10.5 Å². The Balaban J connectivity index is 2.31. The first-order valence-corrected chi connectivity index (χ1v) is 6.43. The van der Waals surface area contributed by atoms with E-state index in [-0.39, 0.29) is 11.9 Å². The van der Waals surface area contributed by atoms with Gasteiger partial charge in [-0.1, -0.05) is 0 Å². The smallest absolute Gasteiger partial charge is 0.331 e. The molecule has 0 saturated heterocycles. The number of carbonyl (C=O) groups is 1. The Kier molecular flexibility index (Phi) is 3.04. The fourth-order valence-electron chi connectivity index (χ4n) is 1.91. The molecule has 1 heterocycles. The van der Waals surface area contributed by atoms with E-state index in [1.54, 1.807) is 11.3 Å². The van der Waals surface area contributed by atoms with E-state index < -0.39 is 5.54 Å². The van der Waals surface area contributed by atoms with Crippen LogP contribution >= 0.6 is 11.3 Å². The molecule has 1 fully saturated rings. The summed E-state index contributed by atoms with van der Waals surface area (Å²) < 4.78 is 5.11. The highest BCUT2D eigenvalue weighted by atomic mass is 32.1. The van der Waals surface area contributed by atoms with Crippen LogP contribution in [0.15, 0.2) is 12.1 Å². The molecule has 3 nitrogen and oxygen atoms in total. The second-order valence-corrected chi connectivity index (χ2v) is 5.56. The van der Waals surface area contributed by atoms with E-state index >= 15 is 0 Å². The van der Waals surface area contributed by atoms with Gasteiger partial charge in [-0.2, -0.15) is 0 Å². The number of esters is 1. The number of hydrogen-bond donors (Lipinski definition) is 1. The van der Waals surface area contributed by atoms with Crippen molar-refractivity contribution in [2.75, 3.05) is 6.61 Å². The largest absolute Gasteiger partial charge is 0.464 e. The van der Waals surface area contributed by atoms with Crippen molar-refractivity contribution in [1.82, 2.24) is 0 Å². The van der Waals surface area contributed by atoms with E-state index in [1.807, 2.05) is 26.0 Å². The zero-order valence-electron chi connectivity index (χ0n) is 9.66. The normalized spacial score (nSPS) is 19.2. The van der Waals surface area contributed by atoms with E-state index in [9.17, 15) is 4.79 Å². The third kappa shape index (κ3) is 1.87. The van der Waals surface area contributed by atoms with E-state index in [2.05, 4.69) is 0 Å². The number of thiophene rings is 1. The lowest BCUT2D eigenvalue weighted by atomic mass is 9.92. The molecule has 1 aliphatic carbocycles. The summed E-state index contributed by atoms with van der Waals surface area (Å²) in [6.45, 7) is 4.21.